The smallest absolute Gasteiger partial charge is 0.419 e. The van der Waals surface area contributed by atoms with Crippen LogP contribution in [0.1, 0.15) is 76.6 Å². The van der Waals surface area contributed by atoms with E-state index in [1.165, 1.54) is 38.3 Å². The van der Waals surface area contributed by atoms with Gasteiger partial charge in [-0.1, -0.05) is 26.0 Å². The Morgan fingerprint density at radius 3 is 2.18 bits per heavy atom. The highest BCUT2D eigenvalue weighted by molar-refractivity contribution is 7.43. The molecule has 4 bridgehead atoms. The van der Waals surface area contributed by atoms with Gasteiger partial charge in [-0.05, 0) is 103 Å². The van der Waals surface area contributed by atoms with Gasteiger partial charge in [0.1, 0.15) is 11.9 Å². The fraction of sp³-hybridized carbons (Fsp3) is 0.548. The van der Waals surface area contributed by atoms with Crippen LogP contribution in [0, 0.1) is 35.9 Å². The zero-order valence-electron chi connectivity index (χ0n) is 22.9. The van der Waals surface area contributed by atoms with Gasteiger partial charge in [-0.3, -0.25) is 4.98 Å². The third kappa shape index (κ3) is 4.71. The summed E-state index contributed by atoms with van der Waals surface area (Å²) in [6.45, 7) is 5.22. The number of carbonyl (C=O) groups excluding carboxylic acids is 1. The SMILES string of the molecule is C#CC(C(=O)Oc1c(-c2ccc(F)cc2)cc(C23CC4CC(CC(C4)C2)C3)nc1C(C)C)(C(C)O)[P+](=O)OC. The number of aliphatic hydroxyl groups excluding tert-OH is 1. The Morgan fingerprint density at radius 1 is 1.15 bits per heavy atom. The molecule has 1 aromatic heterocycles. The van der Waals surface area contributed by atoms with Crippen LogP contribution in [0.25, 0.3) is 11.1 Å². The molecular weight excluding hydrogens is 516 g/mol. The van der Waals surface area contributed by atoms with Gasteiger partial charge in [0.15, 0.2) is 5.75 Å². The highest BCUT2D eigenvalue weighted by Gasteiger charge is 2.63. The Bertz CT molecular complexity index is 1300. The third-order valence-electron chi connectivity index (χ3n) is 9.07. The zero-order valence-corrected chi connectivity index (χ0v) is 23.8. The molecule has 0 spiro atoms. The number of esters is 1. The number of nitrogens with zero attached hydrogens (tertiary/aromatic N) is 1. The maximum atomic E-state index is 13.9. The summed E-state index contributed by atoms with van der Waals surface area (Å²) in [6, 6.07) is 8.02. The minimum atomic E-state index is -2.80. The van der Waals surface area contributed by atoms with E-state index in [0.29, 0.717) is 34.6 Å². The summed E-state index contributed by atoms with van der Waals surface area (Å²) in [5, 5.41) is 8.27. The first-order valence-electron chi connectivity index (χ1n) is 13.7. The van der Waals surface area contributed by atoms with Crippen molar-refractivity contribution in [3.05, 3.63) is 47.5 Å². The van der Waals surface area contributed by atoms with Gasteiger partial charge in [0, 0.05) is 16.7 Å². The Kier molecular flexibility index (Phi) is 7.44. The van der Waals surface area contributed by atoms with Crippen molar-refractivity contribution in [2.45, 2.75) is 81.9 Å². The van der Waals surface area contributed by atoms with Crippen molar-refractivity contribution >= 4 is 14.0 Å². The first kappa shape index (κ1) is 27.9. The van der Waals surface area contributed by atoms with Gasteiger partial charge in [0.05, 0.1) is 12.8 Å². The van der Waals surface area contributed by atoms with Gasteiger partial charge < -0.3 is 9.84 Å². The lowest BCUT2D eigenvalue weighted by Gasteiger charge is -2.56. The van der Waals surface area contributed by atoms with Crippen LogP contribution in [0.5, 0.6) is 5.75 Å². The largest absolute Gasteiger partial charge is 0.542 e. The topological polar surface area (TPSA) is 85.7 Å². The predicted molar refractivity (Wildman–Crippen MR) is 147 cm³/mol. The lowest BCUT2D eigenvalue weighted by atomic mass is 9.48. The van der Waals surface area contributed by atoms with E-state index < -0.39 is 25.3 Å². The molecule has 0 saturated heterocycles. The molecule has 1 aromatic carbocycles. The predicted octanol–water partition coefficient (Wildman–Crippen LogP) is 6.53. The summed E-state index contributed by atoms with van der Waals surface area (Å²) in [4.78, 5) is 18.8. The molecule has 8 heteroatoms. The van der Waals surface area contributed by atoms with E-state index in [4.69, 9.17) is 20.7 Å². The average molecular weight is 553 g/mol. The number of benzene rings is 1. The van der Waals surface area contributed by atoms with E-state index in [9.17, 15) is 18.9 Å². The van der Waals surface area contributed by atoms with Crippen LogP contribution in [0.4, 0.5) is 4.39 Å². The van der Waals surface area contributed by atoms with Crippen molar-refractivity contribution in [1.82, 2.24) is 4.98 Å². The van der Waals surface area contributed by atoms with Gasteiger partial charge in [-0.25, -0.2) is 9.18 Å². The number of aliphatic hydroxyl groups is 1. The Balaban J connectivity index is 1.68. The van der Waals surface area contributed by atoms with Crippen LogP contribution in [0.2, 0.25) is 0 Å². The second-order valence-corrected chi connectivity index (χ2v) is 13.6. The maximum Gasteiger partial charge on any atom is 0.542 e. The number of hydrogen-bond acceptors (Lipinski definition) is 6. The number of terminal acetylenes is 1. The number of halogens is 1. The van der Waals surface area contributed by atoms with Crippen LogP contribution >= 0.6 is 8.03 Å². The number of carbonyl (C=O) groups is 1. The van der Waals surface area contributed by atoms with Crippen LogP contribution in [-0.4, -0.2) is 34.4 Å². The van der Waals surface area contributed by atoms with E-state index in [0.717, 1.165) is 32.1 Å². The van der Waals surface area contributed by atoms with Crippen molar-refractivity contribution in [1.29, 1.82) is 0 Å². The zero-order chi connectivity index (χ0) is 28.1. The Labute approximate surface area is 230 Å². The molecule has 206 valence electrons. The maximum absolute atomic E-state index is 13.9. The fourth-order valence-electron chi connectivity index (χ4n) is 7.54. The summed E-state index contributed by atoms with van der Waals surface area (Å²) in [5.41, 5.74) is 2.79. The van der Waals surface area contributed by atoms with Gasteiger partial charge in [0.2, 0.25) is 0 Å². The minimum absolute atomic E-state index is 0.0305. The highest BCUT2D eigenvalue weighted by Crippen LogP contribution is 2.61. The van der Waals surface area contributed by atoms with Crippen molar-refractivity contribution in [3.63, 3.8) is 0 Å². The van der Waals surface area contributed by atoms with Crippen molar-refractivity contribution in [3.8, 4) is 29.2 Å². The first-order chi connectivity index (χ1) is 18.5. The summed E-state index contributed by atoms with van der Waals surface area (Å²) >= 11 is 0. The van der Waals surface area contributed by atoms with Gasteiger partial charge >= 0.3 is 19.2 Å². The normalized spacial score (nSPS) is 28.1. The quantitative estimate of drug-likeness (QED) is 0.228. The molecule has 6 nitrogen and oxygen atoms in total. The van der Waals surface area contributed by atoms with Crippen LogP contribution < -0.4 is 4.74 Å². The van der Waals surface area contributed by atoms with E-state index in [-0.39, 0.29) is 22.9 Å². The first-order valence-corrected chi connectivity index (χ1v) is 14.9. The van der Waals surface area contributed by atoms with Crippen LogP contribution in [-0.2, 0) is 19.3 Å². The van der Waals surface area contributed by atoms with E-state index in [1.54, 1.807) is 12.1 Å². The van der Waals surface area contributed by atoms with E-state index in [2.05, 4.69) is 5.92 Å². The van der Waals surface area contributed by atoms with Crippen LogP contribution in [0.3, 0.4) is 0 Å². The molecule has 0 amide bonds. The van der Waals surface area contributed by atoms with Gasteiger partial charge in [0.25, 0.3) is 0 Å². The summed E-state index contributed by atoms with van der Waals surface area (Å²) < 4.78 is 37.7. The number of aromatic nitrogens is 1. The number of rotatable bonds is 8. The summed E-state index contributed by atoms with van der Waals surface area (Å²) in [5.74, 6) is 2.93. The molecular formula is C31H36FNO5P+. The molecule has 0 radical (unpaired) electrons. The van der Waals surface area contributed by atoms with Crippen molar-refractivity contribution in [2.24, 2.45) is 17.8 Å². The number of ether oxygens (including phenoxy) is 1. The van der Waals surface area contributed by atoms with E-state index in [1.807, 2.05) is 19.9 Å². The lowest BCUT2D eigenvalue weighted by Crippen LogP contribution is -2.49. The Morgan fingerprint density at radius 2 is 1.72 bits per heavy atom. The number of pyridine rings is 1. The molecule has 1 N–H and O–H groups in total. The molecule has 6 rings (SSSR count). The van der Waals surface area contributed by atoms with Crippen molar-refractivity contribution < 1.29 is 28.1 Å². The van der Waals surface area contributed by atoms with Gasteiger partial charge in [-0.2, -0.15) is 0 Å². The highest BCUT2D eigenvalue weighted by atomic mass is 31.1. The fourth-order valence-corrected chi connectivity index (χ4v) is 8.43. The molecule has 3 unspecified atom stereocenters. The molecule has 39 heavy (non-hydrogen) atoms. The molecule has 1 heterocycles. The molecule has 4 saturated carbocycles. The third-order valence-corrected chi connectivity index (χ3v) is 10.7. The van der Waals surface area contributed by atoms with Crippen LogP contribution in [0.15, 0.2) is 30.3 Å². The molecule has 2 aromatic rings. The summed E-state index contributed by atoms with van der Waals surface area (Å²) in [6.07, 6.45) is 11.3. The van der Waals surface area contributed by atoms with Gasteiger partial charge in [-0.15, -0.1) is 10.9 Å². The molecule has 3 atom stereocenters. The van der Waals surface area contributed by atoms with Crippen molar-refractivity contribution in [2.75, 3.05) is 7.11 Å². The Hall–Kier alpha value is -2.65. The molecule has 4 fully saturated rings. The molecule has 4 aliphatic rings. The number of hydrogen-bond donors (Lipinski definition) is 1. The molecule has 0 aliphatic heterocycles. The minimum Gasteiger partial charge on any atom is -0.419 e. The second-order valence-electron chi connectivity index (χ2n) is 12.0. The molecule has 4 aliphatic carbocycles. The average Bonchev–Trinajstić information content (AvgIpc) is 2.88. The second kappa shape index (κ2) is 10.4. The van der Waals surface area contributed by atoms with E-state index >= 15 is 0 Å². The standard InChI is InChI=1S/C31H36FNO5P/c1-6-31(19(4)34,39(36)37-5)29(35)38-28-25(23-7-9-24(32)10-8-23)14-26(33-27(28)18(2)3)30-15-20-11-21(16-30)13-22(12-20)17-30/h1,7-10,14,18-22,34H,11-13,15-17H2,2-5H3/q+1. The summed E-state index contributed by atoms with van der Waals surface area (Å²) in [7, 11) is -1.64. The lowest BCUT2D eigenvalue weighted by molar-refractivity contribution is -0.138. The monoisotopic (exact) mass is 552 g/mol.